The Labute approximate surface area is 127 Å². The van der Waals surface area contributed by atoms with Crippen molar-refractivity contribution >= 4 is 39.9 Å². The maximum Gasteiger partial charge on any atom is 0.224 e. The summed E-state index contributed by atoms with van der Waals surface area (Å²) in [7, 11) is 0. The van der Waals surface area contributed by atoms with Gasteiger partial charge in [-0.15, -0.1) is 0 Å². The van der Waals surface area contributed by atoms with E-state index in [1.165, 1.54) is 0 Å². The lowest BCUT2D eigenvalue weighted by atomic mass is 10.0. The van der Waals surface area contributed by atoms with E-state index < -0.39 is 0 Å². The van der Waals surface area contributed by atoms with Gasteiger partial charge in [0.25, 0.3) is 0 Å². The molecule has 0 bridgehead atoms. The predicted octanol–water partition coefficient (Wildman–Crippen LogP) is 3.19. The summed E-state index contributed by atoms with van der Waals surface area (Å²) >= 11 is 12.0. The molecule has 5 heteroatoms. The summed E-state index contributed by atoms with van der Waals surface area (Å²) < 4.78 is 0. The lowest BCUT2D eigenvalue weighted by molar-refractivity contribution is -0.120. The van der Waals surface area contributed by atoms with Crippen molar-refractivity contribution < 1.29 is 9.90 Å². The molecule has 0 spiro atoms. The van der Waals surface area contributed by atoms with E-state index in [9.17, 15) is 4.79 Å². The number of nitrogens with one attached hydrogen (secondary N) is 1. The predicted molar refractivity (Wildman–Crippen MR) is 82.4 cm³/mol. The summed E-state index contributed by atoms with van der Waals surface area (Å²) in [6.07, 6.45) is 0.874. The Morgan fingerprint density at radius 1 is 1.10 bits per heavy atom. The number of hydrogen-bond donors (Lipinski definition) is 2. The van der Waals surface area contributed by atoms with Crippen LogP contribution in [0.1, 0.15) is 12.0 Å². The van der Waals surface area contributed by atoms with E-state index in [2.05, 4.69) is 5.32 Å². The standard InChI is InChI=1S/C15H15Cl2NO2/c16-13-8-11-3-2-10(6-12(11)9-14(13)17)7-15(20)18-4-1-5-19/h2-3,6,8-9,19H,1,4-5,7H2,(H,18,20). The normalized spacial score (nSPS) is 10.8. The van der Waals surface area contributed by atoms with Crippen LogP contribution in [0.5, 0.6) is 0 Å². The molecule has 0 fully saturated rings. The summed E-state index contributed by atoms with van der Waals surface area (Å²) in [5.74, 6) is -0.0575. The van der Waals surface area contributed by atoms with E-state index in [0.29, 0.717) is 29.4 Å². The van der Waals surface area contributed by atoms with Gasteiger partial charge in [-0.25, -0.2) is 0 Å². The van der Waals surface area contributed by atoms with Crippen LogP contribution in [-0.2, 0) is 11.2 Å². The van der Waals surface area contributed by atoms with Crippen molar-refractivity contribution in [2.24, 2.45) is 0 Å². The number of aliphatic hydroxyl groups excluding tert-OH is 1. The van der Waals surface area contributed by atoms with Crippen LogP contribution in [0.4, 0.5) is 0 Å². The van der Waals surface area contributed by atoms with Gasteiger partial charge in [0, 0.05) is 13.2 Å². The van der Waals surface area contributed by atoms with Crippen molar-refractivity contribution in [3.8, 4) is 0 Å². The summed E-state index contributed by atoms with van der Waals surface area (Å²) in [5, 5.41) is 14.4. The largest absolute Gasteiger partial charge is 0.396 e. The zero-order valence-electron chi connectivity index (χ0n) is 10.8. The number of carbonyl (C=O) groups excluding carboxylic acids is 1. The molecule has 2 aromatic carbocycles. The highest BCUT2D eigenvalue weighted by atomic mass is 35.5. The van der Waals surface area contributed by atoms with E-state index in [1.807, 2.05) is 24.3 Å². The Kier molecular flexibility index (Phi) is 5.24. The molecule has 0 saturated carbocycles. The van der Waals surface area contributed by atoms with E-state index in [1.54, 1.807) is 6.07 Å². The third-order valence-electron chi connectivity index (χ3n) is 2.97. The van der Waals surface area contributed by atoms with Gasteiger partial charge in [0.1, 0.15) is 0 Å². The van der Waals surface area contributed by atoms with Crippen LogP contribution in [-0.4, -0.2) is 24.2 Å². The van der Waals surface area contributed by atoms with E-state index >= 15 is 0 Å². The van der Waals surface area contributed by atoms with Crippen molar-refractivity contribution in [2.45, 2.75) is 12.8 Å². The molecule has 1 amide bonds. The number of carbonyl (C=O) groups is 1. The van der Waals surface area contributed by atoms with Gasteiger partial charge < -0.3 is 10.4 Å². The second-order valence-corrected chi connectivity index (χ2v) is 5.37. The Balaban J connectivity index is 2.11. The zero-order valence-corrected chi connectivity index (χ0v) is 12.3. The number of halogens is 2. The smallest absolute Gasteiger partial charge is 0.224 e. The minimum atomic E-state index is -0.0575. The summed E-state index contributed by atoms with van der Waals surface area (Å²) in [4.78, 5) is 11.7. The van der Waals surface area contributed by atoms with Gasteiger partial charge in [-0.05, 0) is 34.9 Å². The molecule has 0 aliphatic rings. The molecular formula is C15H15Cl2NO2. The van der Waals surface area contributed by atoms with Crippen molar-refractivity contribution in [2.75, 3.05) is 13.2 Å². The molecule has 0 radical (unpaired) electrons. The molecule has 0 aromatic heterocycles. The zero-order chi connectivity index (χ0) is 14.5. The fourth-order valence-electron chi connectivity index (χ4n) is 1.96. The number of aliphatic hydroxyl groups is 1. The highest BCUT2D eigenvalue weighted by Gasteiger charge is 2.05. The Hall–Kier alpha value is -1.29. The second-order valence-electron chi connectivity index (χ2n) is 4.55. The summed E-state index contributed by atoms with van der Waals surface area (Å²) in [6.45, 7) is 0.569. The van der Waals surface area contributed by atoms with Crippen LogP contribution in [0, 0.1) is 0 Å². The average molecular weight is 312 g/mol. The van der Waals surface area contributed by atoms with Crippen molar-refractivity contribution in [1.29, 1.82) is 0 Å². The maximum atomic E-state index is 11.7. The molecule has 0 heterocycles. The number of amides is 1. The fourth-order valence-corrected chi connectivity index (χ4v) is 2.30. The Morgan fingerprint density at radius 2 is 1.80 bits per heavy atom. The van der Waals surface area contributed by atoms with Gasteiger partial charge in [-0.1, -0.05) is 41.4 Å². The summed E-state index contributed by atoms with van der Waals surface area (Å²) in [6, 6.07) is 9.37. The van der Waals surface area contributed by atoms with E-state index in [-0.39, 0.29) is 12.5 Å². The average Bonchev–Trinajstić information content (AvgIpc) is 2.41. The lowest BCUT2D eigenvalue weighted by Crippen LogP contribution is -2.26. The minimum absolute atomic E-state index is 0.0575. The molecule has 0 aliphatic carbocycles. The summed E-state index contributed by atoms with van der Waals surface area (Å²) in [5.41, 5.74) is 0.914. The molecule has 3 nitrogen and oxygen atoms in total. The van der Waals surface area contributed by atoms with Crippen LogP contribution < -0.4 is 5.32 Å². The first kappa shape index (κ1) is 15.1. The molecule has 2 rings (SSSR count). The van der Waals surface area contributed by atoms with Gasteiger partial charge in [0.2, 0.25) is 5.91 Å². The fraction of sp³-hybridized carbons (Fsp3) is 0.267. The quantitative estimate of drug-likeness (QED) is 0.833. The molecule has 2 aromatic rings. The Morgan fingerprint density at radius 3 is 2.50 bits per heavy atom. The molecule has 0 atom stereocenters. The number of rotatable bonds is 5. The topological polar surface area (TPSA) is 49.3 Å². The molecule has 0 saturated heterocycles. The van der Waals surface area contributed by atoms with Crippen LogP contribution in [0.3, 0.4) is 0 Å². The highest BCUT2D eigenvalue weighted by Crippen LogP contribution is 2.28. The molecule has 106 valence electrons. The molecule has 0 aliphatic heterocycles. The molecular weight excluding hydrogens is 297 g/mol. The van der Waals surface area contributed by atoms with Crippen molar-refractivity contribution in [1.82, 2.24) is 5.32 Å². The van der Waals surface area contributed by atoms with Crippen LogP contribution in [0.15, 0.2) is 30.3 Å². The monoisotopic (exact) mass is 311 g/mol. The molecule has 20 heavy (non-hydrogen) atoms. The molecule has 2 N–H and O–H groups in total. The maximum absolute atomic E-state index is 11.7. The van der Waals surface area contributed by atoms with Crippen LogP contribution in [0.2, 0.25) is 10.0 Å². The number of hydrogen-bond acceptors (Lipinski definition) is 2. The van der Waals surface area contributed by atoms with Gasteiger partial charge in [0.15, 0.2) is 0 Å². The lowest BCUT2D eigenvalue weighted by Gasteiger charge is -2.06. The number of fused-ring (bicyclic) bond motifs is 1. The van der Waals surface area contributed by atoms with E-state index in [0.717, 1.165) is 16.3 Å². The Bertz CT molecular complexity index is 629. The third-order valence-corrected chi connectivity index (χ3v) is 3.69. The number of benzene rings is 2. The van der Waals surface area contributed by atoms with Gasteiger partial charge in [-0.2, -0.15) is 0 Å². The van der Waals surface area contributed by atoms with Crippen molar-refractivity contribution in [3.05, 3.63) is 45.9 Å². The van der Waals surface area contributed by atoms with Crippen LogP contribution >= 0.6 is 23.2 Å². The first-order valence-corrected chi connectivity index (χ1v) is 7.11. The van der Waals surface area contributed by atoms with Crippen LogP contribution in [0.25, 0.3) is 10.8 Å². The van der Waals surface area contributed by atoms with Gasteiger partial charge >= 0.3 is 0 Å². The first-order valence-electron chi connectivity index (χ1n) is 6.35. The van der Waals surface area contributed by atoms with Crippen molar-refractivity contribution in [3.63, 3.8) is 0 Å². The van der Waals surface area contributed by atoms with Gasteiger partial charge in [-0.3, -0.25) is 4.79 Å². The SMILES string of the molecule is O=C(Cc1ccc2cc(Cl)c(Cl)cc2c1)NCCCO. The highest BCUT2D eigenvalue weighted by molar-refractivity contribution is 6.42. The van der Waals surface area contributed by atoms with E-state index in [4.69, 9.17) is 28.3 Å². The van der Waals surface area contributed by atoms with Gasteiger partial charge in [0.05, 0.1) is 16.5 Å². The second kappa shape index (κ2) is 6.93. The molecule has 0 unspecified atom stereocenters. The third kappa shape index (κ3) is 3.85. The first-order chi connectivity index (χ1) is 9.60. The minimum Gasteiger partial charge on any atom is -0.396 e.